The van der Waals surface area contributed by atoms with Crippen LogP contribution in [-0.2, 0) is 0 Å². The third-order valence-corrected chi connectivity index (χ3v) is 4.12. The van der Waals surface area contributed by atoms with E-state index in [9.17, 15) is 9.90 Å². The quantitative estimate of drug-likeness (QED) is 0.862. The first-order valence-corrected chi connectivity index (χ1v) is 8.40. The molecule has 0 radical (unpaired) electrons. The Bertz CT molecular complexity index is 620. The third-order valence-electron chi connectivity index (χ3n) is 3.51. The molecule has 4 heteroatoms. The van der Waals surface area contributed by atoms with Gasteiger partial charge in [-0.3, -0.25) is 4.79 Å². The van der Waals surface area contributed by atoms with Gasteiger partial charge in [0.15, 0.2) is 0 Å². The van der Waals surface area contributed by atoms with Gasteiger partial charge in [0.1, 0.15) is 0 Å². The summed E-state index contributed by atoms with van der Waals surface area (Å²) in [5, 5.41) is 15.0. The first-order valence-electron chi connectivity index (χ1n) is 7.01. The standard InChI is InChI=1S/C17H21NO2S/c1-17(20,10-11-21-2)12-18-16(19)15-9-5-7-13-6-3-4-8-14(13)15/h3-9,20H,10-12H2,1-2H3,(H,18,19). The molecule has 0 aromatic heterocycles. The fraction of sp³-hybridized carbons (Fsp3) is 0.353. The van der Waals surface area contributed by atoms with E-state index in [4.69, 9.17) is 0 Å². The topological polar surface area (TPSA) is 49.3 Å². The van der Waals surface area contributed by atoms with E-state index in [2.05, 4.69) is 5.32 Å². The van der Waals surface area contributed by atoms with Gasteiger partial charge in [0.25, 0.3) is 5.91 Å². The molecule has 1 atom stereocenters. The zero-order chi connectivity index (χ0) is 15.3. The van der Waals surface area contributed by atoms with Gasteiger partial charge in [-0.15, -0.1) is 0 Å². The van der Waals surface area contributed by atoms with E-state index in [1.165, 1.54) is 0 Å². The molecule has 1 amide bonds. The average molecular weight is 303 g/mol. The molecule has 0 saturated heterocycles. The van der Waals surface area contributed by atoms with Crippen LogP contribution in [0, 0.1) is 0 Å². The van der Waals surface area contributed by atoms with Crippen LogP contribution in [0.4, 0.5) is 0 Å². The van der Waals surface area contributed by atoms with Crippen molar-refractivity contribution in [2.24, 2.45) is 0 Å². The SMILES string of the molecule is CSCCC(C)(O)CNC(=O)c1cccc2ccccc12. The van der Waals surface area contributed by atoms with Gasteiger partial charge < -0.3 is 10.4 Å². The highest BCUT2D eigenvalue weighted by atomic mass is 32.2. The number of nitrogens with one attached hydrogen (secondary N) is 1. The Morgan fingerprint density at radius 3 is 2.71 bits per heavy atom. The van der Waals surface area contributed by atoms with Crippen molar-refractivity contribution in [3.63, 3.8) is 0 Å². The summed E-state index contributed by atoms with van der Waals surface area (Å²) in [7, 11) is 0. The highest BCUT2D eigenvalue weighted by molar-refractivity contribution is 7.98. The van der Waals surface area contributed by atoms with Crippen LogP contribution in [0.1, 0.15) is 23.7 Å². The molecule has 0 fully saturated rings. The van der Waals surface area contributed by atoms with Crippen molar-refractivity contribution in [1.29, 1.82) is 0 Å². The van der Waals surface area contributed by atoms with Crippen molar-refractivity contribution in [2.75, 3.05) is 18.6 Å². The fourth-order valence-corrected chi connectivity index (χ4v) is 2.84. The van der Waals surface area contributed by atoms with Crippen LogP contribution in [0.5, 0.6) is 0 Å². The number of carbonyl (C=O) groups is 1. The summed E-state index contributed by atoms with van der Waals surface area (Å²) < 4.78 is 0. The van der Waals surface area contributed by atoms with Crippen molar-refractivity contribution in [3.05, 3.63) is 48.0 Å². The monoisotopic (exact) mass is 303 g/mol. The van der Waals surface area contributed by atoms with Crippen LogP contribution < -0.4 is 5.32 Å². The minimum Gasteiger partial charge on any atom is -0.388 e. The van der Waals surface area contributed by atoms with E-state index in [0.717, 1.165) is 16.5 Å². The van der Waals surface area contributed by atoms with Crippen molar-refractivity contribution in [3.8, 4) is 0 Å². The van der Waals surface area contributed by atoms with Crippen molar-refractivity contribution >= 4 is 28.4 Å². The maximum atomic E-state index is 12.4. The summed E-state index contributed by atoms with van der Waals surface area (Å²) in [4.78, 5) is 12.4. The van der Waals surface area contributed by atoms with Gasteiger partial charge in [-0.2, -0.15) is 11.8 Å². The van der Waals surface area contributed by atoms with Gasteiger partial charge in [0.2, 0.25) is 0 Å². The molecule has 0 bridgehead atoms. The van der Waals surface area contributed by atoms with Crippen LogP contribution >= 0.6 is 11.8 Å². The Balaban J connectivity index is 2.09. The number of rotatable bonds is 6. The van der Waals surface area contributed by atoms with Crippen LogP contribution in [0.15, 0.2) is 42.5 Å². The summed E-state index contributed by atoms with van der Waals surface area (Å²) in [6.07, 6.45) is 2.66. The fourth-order valence-electron chi connectivity index (χ4n) is 2.20. The van der Waals surface area contributed by atoms with Crippen LogP contribution in [0.2, 0.25) is 0 Å². The van der Waals surface area contributed by atoms with E-state index < -0.39 is 5.60 Å². The normalized spacial score (nSPS) is 13.9. The van der Waals surface area contributed by atoms with E-state index in [1.807, 2.05) is 48.7 Å². The number of aliphatic hydroxyl groups is 1. The molecule has 0 aliphatic rings. The minimum absolute atomic E-state index is 0.142. The second kappa shape index (κ2) is 6.96. The first-order chi connectivity index (χ1) is 10.0. The average Bonchev–Trinajstić information content (AvgIpc) is 2.50. The van der Waals surface area contributed by atoms with Gasteiger partial charge >= 0.3 is 0 Å². The zero-order valence-electron chi connectivity index (χ0n) is 12.4. The predicted molar refractivity (Wildman–Crippen MR) is 89.9 cm³/mol. The molecule has 1 unspecified atom stereocenters. The predicted octanol–water partition coefficient (Wildman–Crippen LogP) is 3.07. The minimum atomic E-state index is -0.872. The molecule has 2 N–H and O–H groups in total. The van der Waals surface area contributed by atoms with Gasteiger partial charge in [-0.05, 0) is 42.2 Å². The molecule has 3 nitrogen and oxygen atoms in total. The number of thioether (sulfide) groups is 1. The summed E-state index contributed by atoms with van der Waals surface area (Å²) in [5.74, 6) is 0.730. The van der Waals surface area contributed by atoms with Gasteiger partial charge in [0, 0.05) is 12.1 Å². The molecule has 0 aliphatic heterocycles. The van der Waals surface area contributed by atoms with Crippen LogP contribution in [-0.4, -0.2) is 35.2 Å². The largest absolute Gasteiger partial charge is 0.388 e. The number of hydrogen-bond donors (Lipinski definition) is 2. The number of amides is 1. The molecular weight excluding hydrogens is 282 g/mol. The van der Waals surface area contributed by atoms with Gasteiger partial charge in [0.05, 0.1) is 5.60 Å². The lowest BCUT2D eigenvalue weighted by Gasteiger charge is -2.23. The van der Waals surface area contributed by atoms with Gasteiger partial charge in [-0.1, -0.05) is 36.4 Å². The van der Waals surface area contributed by atoms with Crippen molar-refractivity contribution < 1.29 is 9.90 Å². The number of benzene rings is 2. The van der Waals surface area contributed by atoms with Crippen LogP contribution in [0.3, 0.4) is 0 Å². The molecule has 0 aliphatic carbocycles. The maximum Gasteiger partial charge on any atom is 0.252 e. The summed E-state index contributed by atoms with van der Waals surface area (Å²) in [6, 6.07) is 13.5. The molecule has 0 spiro atoms. The number of fused-ring (bicyclic) bond motifs is 1. The molecule has 2 aromatic rings. The molecule has 2 rings (SSSR count). The summed E-state index contributed by atoms with van der Waals surface area (Å²) >= 11 is 1.69. The van der Waals surface area contributed by atoms with Crippen LogP contribution in [0.25, 0.3) is 10.8 Å². The lowest BCUT2D eigenvalue weighted by Crippen LogP contribution is -2.41. The second-order valence-electron chi connectivity index (χ2n) is 5.45. The summed E-state index contributed by atoms with van der Waals surface area (Å²) in [5.41, 5.74) is -0.225. The van der Waals surface area contributed by atoms with Crippen molar-refractivity contribution in [1.82, 2.24) is 5.32 Å². The maximum absolute atomic E-state index is 12.4. The van der Waals surface area contributed by atoms with E-state index in [0.29, 0.717) is 12.0 Å². The molecular formula is C17H21NO2S. The molecule has 2 aromatic carbocycles. The summed E-state index contributed by atoms with van der Waals surface area (Å²) in [6.45, 7) is 2.02. The Labute approximate surface area is 129 Å². The number of hydrogen-bond acceptors (Lipinski definition) is 3. The molecule has 21 heavy (non-hydrogen) atoms. The lowest BCUT2D eigenvalue weighted by atomic mass is 10.0. The molecule has 112 valence electrons. The number of carbonyl (C=O) groups excluding carboxylic acids is 1. The smallest absolute Gasteiger partial charge is 0.252 e. The van der Waals surface area contributed by atoms with Gasteiger partial charge in [-0.25, -0.2) is 0 Å². The van der Waals surface area contributed by atoms with E-state index in [-0.39, 0.29) is 12.5 Å². The highest BCUT2D eigenvalue weighted by Gasteiger charge is 2.21. The zero-order valence-corrected chi connectivity index (χ0v) is 13.2. The first kappa shape index (κ1) is 15.9. The lowest BCUT2D eigenvalue weighted by molar-refractivity contribution is 0.0529. The van der Waals surface area contributed by atoms with E-state index >= 15 is 0 Å². The molecule has 0 heterocycles. The Hall–Kier alpha value is -1.52. The van der Waals surface area contributed by atoms with Crippen molar-refractivity contribution in [2.45, 2.75) is 18.9 Å². The Morgan fingerprint density at radius 1 is 1.24 bits per heavy atom. The highest BCUT2D eigenvalue weighted by Crippen LogP contribution is 2.19. The third kappa shape index (κ3) is 4.22. The second-order valence-corrected chi connectivity index (χ2v) is 6.43. The Kier molecular flexibility index (Phi) is 5.26. The van der Waals surface area contributed by atoms with E-state index in [1.54, 1.807) is 18.7 Å². The Morgan fingerprint density at radius 2 is 1.95 bits per heavy atom. The molecule has 0 saturated carbocycles.